The zero-order chi connectivity index (χ0) is 6.08. The molecule has 0 aliphatic rings. The van der Waals surface area contributed by atoms with E-state index >= 15 is 0 Å². The summed E-state index contributed by atoms with van der Waals surface area (Å²) >= 11 is 0. The van der Waals surface area contributed by atoms with Crippen LogP contribution in [0.5, 0.6) is 0 Å². The Balaban J connectivity index is 0. The van der Waals surface area contributed by atoms with E-state index in [0.29, 0.717) is 0 Å². The highest BCUT2D eigenvalue weighted by Crippen LogP contribution is 1.91. The first-order valence-electron chi connectivity index (χ1n) is 1.91. The Morgan fingerprint density at radius 2 is 1.50 bits per heavy atom. The van der Waals surface area contributed by atoms with E-state index < -0.39 is 15.4 Å². The lowest BCUT2D eigenvalue weighted by molar-refractivity contribution is 0.473. The second-order valence-corrected chi connectivity index (χ2v) is 3.54. The van der Waals surface area contributed by atoms with Crippen LogP contribution in [0.3, 0.4) is 0 Å². The van der Waals surface area contributed by atoms with Crippen LogP contribution in [-0.2, 0) is 10.1 Å². The highest BCUT2D eigenvalue weighted by Gasteiger charge is 2.08. The maximum absolute atomic E-state index is 9.89. The van der Waals surface area contributed by atoms with Gasteiger partial charge in [-0.3, -0.25) is 4.55 Å². The molecular weight excluding hydrogens is 243 g/mol. The molecular formula is C3H9IO3S. The van der Waals surface area contributed by atoms with E-state index in [-0.39, 0.29) is 24.0 Å². The summed E-state index contributed by atoms with van der Waals surface area (Å²) in [6.45, 7) is 2.82. The average Bonchev–Trinajstić information content (AvgIpc) is 1.31. The van der Waals surface area contributed by atoms with E-state index in [1.165, 1.54) is 13.8 Å². The molecule has 0 fully saturated rings. The lowest BCUT2D eigenvalue weighted by atomic mass is 10.6. The van der Waals surface area contributed by atoms with E-state index in [1.54, 1.807) is 0 Å². The lowest BCUT2D eigenvalue weighted by Crippen LogP contribution is -2.10. The van der Waals surface area contributed by atoms with Gasteiger partial charge in [-0.15, -0.1) is 24.0 Å². The fourth-order valence-corrected chi connectivity index (χ4v) is 0. The molecule has 0 saturated heterocycles. The summed E-state index contributed by atoms with van der Waals surface area (Å²) in [5.41, 5.74) is 0. The van der Waals surface area contributed by atoms with Gasteiger partial charge in [0.2, 0.25) is 0 Å². The normalized spacial score (nSPS) is 11.0. The van der Waals surface area contributed by atoms with Gasteiger partial charge in [0.25, 0.3) is 10.1 Å². The van der Waals surface area contributed by atoms with Crippen LogP contribution < -0.4 is 0 Å². The molecule has 0 bridgehead atoms. The van der Waals surface area contributed by atoms with Crippen LogP contribution in [0.1, 0.15) is 13.8 Å². The molecule has 0 aliphatic heterocycles. The third-order valence-corrected chi connectivity index (χ3v) is 1.79. The smallest absolute Gasteiger partial charge is 0.267 e. The number of hydrogen-bond donors (Lipinski definition) is 1. The minimum atomic E-state index is -3.74. The van der Waals surface area contributed by atoms with Crippen molar-refractivity contribution in [2.45, 2.75) is 19.1 Å². The Bertz CT molecular complexity index is 137. The number of rotatable bonds is 1. The van der Waals surface area contributed by atoms with Crippen molar-refractivity contribution >= 4 is 34.1 Å². The van der Waals surface area contributed by atoms with Gasteiger partial charge in [0.15, 0.2) is 0 Å². The molecule has 0 saturated carbocycles. The van der Waals surface area contributed by atoms with Gasteiger partial charge in [0.1, 0.15) is 0 Å². The predicted molar refractivity (Wildman–Crippen MR) is 42.1 cm³/mol. The van der Waals surface area contributed by atoms with Crippen molar-refractivity contribution in [3.8, 4) is 0 Å². The van der Waals surface area contributed by atoms with Gasteiger partial charge >= 0.3 is 0 Å². The molecule has 0 heterocycles. The fourth-order valence-electron chi connectivity index (χ4n) is 0. The van der Waals surface area contributed by atoms with Crippen molar-refractivity contribution in [2.75, 3.05) is 0 Å². The Labute approximate surface area is 66.2 Å². The first-order chi connectivity index (χ1) is 2.94. The Kier molecular flexibility index (Phi) is 5.18. The van der Waals surface area contributed by atoms with Gasteiger partial charge in [-0.1, -0.05) is 0 Å². The first kappa shape index (κ1) is 11.4. The third-order valence-electron chi connectivity index (χ3n) is 0.596. The minimum Gasteiger partial charge on any atom is -0.285 e. The van der Waals surface area contributed by atoms with E-state index in [9.17, 15) is 8.42 Å². The van der Waals surface area contributed by atoms with E-state index in [2.05, 4.69) is 0 Å². The second kappa shape index (κ2) is 3.62. The summed E-state index contributed by atoms with van der Waals surface area (Å²) in [5.74, 6) is 0. The predicted octanol–water partition coefficient (Wildman–Crippen LogP) is 0.901. The summed E-state index contributed by atoms with van der Waals surface area (Å²) < 4.78 is 27.8. The standard InChI is InChI=1S/C3H8O3S.HI/c1-3(2)7(4,5)6;/h3H,1-2H3,(H,4,5,6);1H. The maximum Gasteiger partial charge on any atom is 0.267 e. The van der Waals surface area contributed by atoms with E-state index in [0.717, 1.165) is 0 Å². The van der Waals surface area contributed by atoms with Gasteiger partial charge in [0, 0.05) is 0 Å². The molecule has 1 N–H and O–H groups in total. The summed E-state index contributed by atoms with van der Waals surface area (Å²) in [6.07, 6.45) is 0. The van der Waals surface area contributed by atoms with Crippen molar-refractivity contribution in [3.05, 3.63) is 0 Å². The third kappa shape index (κ3) is 4.79. The molecule has 0 rings (SSSR count). The minimum absolute atomic E-state index is 0. The van der Waals surface area contributed by atoms with Crippen molar-refractivity contribution in [3.63, 3.8) is 0 Å². The summed E-state index contributed by atoms with van der Waals surface area (Å²) in [5, 5.41) is -0.674. The molecule has 0 radical (unpaired) electrons. The SMILES string of the molecule is CC(C)S(=O)(=O)O.I. The molecule has 3 nitrogen and oxygen atoms in total. The molecule has 0 spiro atoms. The Hall–Kier alpha value is 0.640. The van der Waals surface area contributed by atoms with Crippen LogP contribution in [-0.4, -0.2) is 18.2 Å². The highest BCUT2D eigenvalue weighted by atomic mass is 127. The van der Waals surface area contributed by atoms with Crippen molar-refractivity contribution in [2.24, 2.45) is 0 Å². The van der Waals surface area contributed by atoms with Crippen LogP contribution in [0.25, 0.3) is 0 Å². The molecule has 0 aromatic heterocycles. The van der Waals surface area contributed by atoms with Crippen LogP contribution in [0.4, 0.5) is 0 Å². The maximum atomic E-state index is 9.89. The average molecular weight is 252 g/mol. The Morgan fingerprint density at radius 1 is 1.38 bits per heavy atom. The fraction of sp³-hybridized carbons (Fsp3) is 1.00. The molecule has 0 unspecified atom stereocenters. The molecule has 0 aromatic rings. The van der Waals surface area contributed by atoms with Gasteiger partial charge in [-0.25, -0.2) is 0 Å². The molecule has 0 aliphatic carbocycles. The van der Waals surface area contributed by atoms with Gasteiger partial charge < -0.3 is 0 Å². The summed E-state index contributed by atoms with van der Waals surface area (Å²) in [4.78, 5) is 0. The largest absolute Gasteiger partial charge is 0.285 e. The molecule has 52 valence electrons. The summed E-state index contributed by atoms with van der Waals surface area (Å²) in [7, 11) is -3.74. The van der Waals surface area contributed by atoms with Crippen molar-refractivity contribution in [1.82, 2.24) is 0 Å². The van der Waals surface area contributed by atoms with Crippen LogP contribution in [0, 0.1) is 0 Å². The van der Waals surface area contributed by atoms with Crippen molar-refractivity contribution in [1.29, 1.82) is 0 Å². The zero-order valence-electron chi connectivity index (χ0n) is 4.66. The molecule has 5 heteroatoms. The topological polar surface area (TPSA) is 54.4 Å². The lowest BCUT2D eigenvalue weighted by Gasteiger charge is -1.94. The highest BCUT2D eigenvalue weighted by molar-refractivity contribution is 14.0. The molecule has 8 heavy (non-hydrogen) atoms. The van der Waals surface area contributed by atoms with Crippen LogP contribution in [0.2, 0.25) is 0 Å². The second-order valence-electron chi connectivity index (χ2n) is 1.56. The van der Waals surface area contributed by atoms with Gasteiger partial charge in [-0.2, -0.15) is 8.42 Å². The molecule has 0 atom stereocenters. The van der Waals surface area contributed by atoms with Gasteiger partial charge in [-0.05, 0) is 13.8 Å². The summed E-state index contributed by atoms with van der Waals surface area (Å²) in [6, 6.07) is 0. The van der Waals surface area contributed by atoms with E-state index in [4.69, 9.17) is 4.55 Å². The molecule has 0 aromatic carbocycles. The van der Waals surface area contributed by atoms with Gasteiger partial charge in [0.05, 0.1) is 5.25 Å². The van der Waals surface area contributed by atoms with E-state index in [1.807, 2.05) is 0 Å². The number of halogens is 1. The quantitative estimate of drug-likeness (QED) is 0.557. The first-order valence-corrected chi connectivity index (χ1v) is 3.41. The zero-order valence-corrected chi connectivity index (χ0v) is 7.80. The molecule has 0 amide bonds. The van der Waals surface area contributed by atoms with Crippen LogP contribution in [0.15, 0.2) is 0 Å². The number of hydrogen-bond acceptors (Lipinski definition) is 2. The van der Waals surface area contributed by atoms with Crippen LogP contribution >= 0.6 is 24.0 Å². The monoisotopic (exact) mass is 252 g/mol. The van der Waals surface area contributed by atoms with Crippen molar-refractivity contribution < 1.29 is 13.0 Å². The Morgan fingerprint density at radius 3 is 1.50 bits per heavy atom.